The summed E-state index contributed by atoms with van der Waals surface area (Å²) in [7, 11) is 4.01. The molecule has 2 unspecified atom stereocenters. The number of aryl methyl sites for hydroxylation is 1. The first-order valence-corrected chi connectivity index (χ1v) is 11.8. The molecule has 0 radical (unpaired) electrons. The maximum Gasteiger partial charge on any atom is 0.243 e. The summed E-state index contributed by atoms with van der Waals surface area (Å²) >= 11 is 0. The number of hydrogen-bond donors (Lipinski definition) is 3. The molecule has 3 N–H and O–H groups in total. The third kappa shape index (κ3) is 6.50. The first-order valence-electron chi connectivity index (χ1n) is 11.8. The minimum absolute atomic E-state index is 0.0886. The van der Waals surface area contributed by atoms with Gasteiger partial charge in [-0.15, -0.1) is 0 Å². The predicted molar refractivity (Wildman–Crippen MR) is 122 cm³/mol. The van der Waals surface area contributed by atoms with Crippen LogP contribution in [0.1, 0.15) is 51.3 Å². The quantitative estimate of drug-likeness (QED) is 0.258. The van der Waals surface area contributed by atoms with E-state index in [4.69, 9.17) is 0 Å². The van der Waals surface area contributed by atoms with Crippen LogP contribution < -0.4 is 15.8 Å². The number of carbonyl (C=O) groups is 2. The number of nitrogens with one attached hydrogen (secondary N) is 2. The summed E-state index contributed by atoms with van der Waals surface area (Å²) in [5.41, 5.74) is 5.17. The predicted octanol–water partition coefficient (Wildman–Crippen LogP) is 1.81. The van der Waals surface area contributed by atoms with E-state index >= 15 is 4.39 Å². The van der Waals surface area contributed by atoms with Gasteiger partial charge in [0.2, 0.25) is 18.1 Å². The number of halogens is 1. The molecule has 0 aromatic carbocycles. The van der Waals surface area contributed by atoms with Gasteiger partial charge in [-0.05, 0) is 32.9 Å². The Morgan fingerprint density at radius 2 is 2.03 bits per heavy atom. The molecule has 2 heterocycles. The molecule has 184 valence electrons. The van der Waals surface area contributed by atoms with Crippen molar-refractivity contribution in [3.05, 3.63) is 11.6 Å². The van der Waals surface area contributed by atoms with E-state index < -0.39 is 17.6 Å². The van der Waals surface area contributed by atoms with Crippen LogP contribution in [0, 0.1) is 17.7 Å². The van der Waals surface area contributed by atoms with Gasteiger partial charge in [0.15, 0.2) is 11.6 Å². The fourth-order valence-corrected chi connectivity index (χ4v) is 4.69. The minimum Gasteiger partial charge on any atom is -0.352 e. The number of anilines is 2. The number of hydrogen-bond acceptors (Lipinski definition) is 8. The van der Waals surface area contributed by atoms with Crippen molar-refractivity contribution in [2.24, 2.45) is 11.8 Å². The van der Waals surface area contributed by atoms with E-state index in [1.54, 1.807) is 0 Å². The number of amides is 2. The Morgan fingerprint density at radius 1 is 1.30 bits per heavy atom. The van der Waals surface area contributed by atoms with Crippen LogP contribution in [0.15, 0.2) is 0 Å². The summed E-state index contributed by atoms with van der Waals surface area (Å²) in [6.45, 7) is 3.12. The van der Waals surface area contributed by atoms with E-state index in [-0.39, 0.29) is 24.6 Å². The first kappa shape index (κ1) is 25.1. The van der Waals surface area contributed by atoms with Gasteiger partial charge in [-0.1, -0.05) is 32.6 Å². The van der Waals surface area contributed by atoms with E-state index in [0.29, 0.717) is 48.8 Å². The van der Waals surface area contributed by atoms with Crippen LogP contribution in [0.3, 0.4) is 0 Å². The van der Waals surface area contributed by atoms with Crippen molar-refractivity contribution in [1.82, 2.24) is 25.4 Å². The average Bonchev–Trinajstić information content (AvgIpc) is 3.50. The molecule has 2 amide bonds. The second kappa shape index (κ2) is 11.6. The van der Waals surface area contributed by atoms with Crippen molar-refractivity contribution < 1.29 is 19.2 Å². The molecule has 3 rings (SSSR count). The molecule has 2 atom stereocenters. The lowest BCUT2D eigenvalue weighted by atomic mass is 9.92. The normalized spacial score (nSPS) is 19.7. The lowest BCUT2D eigenvalue weighted by Gasteiger charge is -2.24. The van der Waals surface area contributed by atoms with Crippen molar-refractivity contribution in [3.63, 3.8) is 0 Å². The lowest BCUT2D eigenvalue weighted by Crippen LogP contribution is -2.41. The molecule has 2 fully saturated rings. The zero-order valence-electron chi connectivity index (χ0n) is 19.8. The van der Waals surface area contributed by atoms with Crippen LogP contribution in [0.4, 0.5) is 16.0 Å². The molecule has 0 bridgehead atoms. The zero-order chi connectivity index (χ0) is 24.0. The summed E-state index contributed by atoms with van der Waals surface area (Å²) in [6.07, 6.45) is 6.55. The third-order valence-corrected chi connectivity index (χ3v) is 6.69. The average molecular weight is 466 g/mol. The number of rotatable bonds is 11. The largest absolute Gasteiger partial charge is 0.352 e. The zero-order valence-corrected chi connectivity index (χ0v) is 19.8. The van der Waals surface area contributed by atoms with Gasteiger partial charge in [-0.25, -0.2) is 15.0 Å². The fraction of sp³-hybridized carbons (Fsp3) is 0.727. The van der Waals surface area contributed by atoms with Crippen molar-refractivity contribution in [2.45, 2.75) is 57.9 Å². The molecule has 1 aromatic rings. The first-order chi connectivity index (χ1) is 15.8. The smallest absolute Gasteiger partial charge is 0.243 e. The molecule has 1 saturated carbocycles. The van der Waals surface area contributed by atoms with Crippen molar-refractivity contribution >= 4 is 24.0 Å². The fourth-order valence-electron chi connectivity index (χ4n) is 4.69. The molecule has 1 aromatic heterocycles. The van der Waals surface area contributed by atoms with Gasteiger partial charge in [-0.2, -0.15) is 4.39 Å². The van der Waals surface area contributed by atoms with Crippen LogP contribution in [-0.2, 0) is 16.0 Å². The third-order valence-electron chi connectivity index (χ3n) is 6.69. The number of likely N-dealkylation sites (N-methyl/N-ethyl adjacent to an activating group) is 1. The van der Waals surface area contributed by atoms with Crippen LogP contribution in [0.25, 0.3) is 0 Å². The van der Waals surface area contributed by atoms with Crippen LogP contribution in [0.2, 0.25) is 0 Å². The summed E-state index contributed by atoms with van der Waals surface area (Å²) in [6, 6.07) is 0.316. The van der Waals surface area contributed by atoms with Gasteiger partial charge in [0.1, 0.15) is 5.82 Å². The van der Waals surface area contributed by atoms with Gasteiger partial charge >= 0.3 is 0 Å². The highest BCUT2D eigenvalue weighted by atomic mass is 19.1. The van der Waals surface area contributed by atoms with Crippen LogP contribution in [0.5, 0.6) is 0 Å². The highest BCUT2D eigenvalue weighted by Gasteiger charge is 2.30. The standard InChI is InChI=1S/C22H36FN7O3/c1-4-18-24-20(19(23)21(25-18)29-10-9-17(13-29)28(2)3)26-27-22(32)16(12-30(33)14-31)11-15-7-5-6-8-15/h14-17,33H,4-13H2,1-3H3,(H,27,32)(H,24,25,26). The Hall–Kier alpha value is -2.53. The minimum atomic E-state index is -0.620. The lowest BCUT2D eigenvalue weighted by molar-refractivity contribution is -0.154. The maximum absolute atomic E-state index is 15.3. The highest BCUT2D eigenvalue weighted by molar-refractivity contribution is 5.80. The molecule has 1 aliphatic heterocycles. The number of hydrazine groups is 1. The van der Waals surface area contributed by atoms with Gasteiger partial charge in [0.05, 0.1) is 12.5 Å². The highest BCUT2D eigenvalue weighted by Crippen LogP contribution is 2.31. The molecule has 11 heteroatoms. The molecule has 33 heavy (non-hydrogen) atoms. The molecule has 0 spiro atoms. The van der Waals surface area contributed by atoms with E-state index in [0.717, 1.165) is 32.1 Å². The van der Waals surface area contributed by atoms with Crippen LogP contribution >= 0.6 is 0 Å². The topological polar surface area (TPSA) is 114 Å². The monoisotopic (exact) mass is 465 g/mol. The van der Waals surface area contributed by atoms with Gasteiger partial charge in [0, 0.05) is 25.6 Å². The summed E-state index contributed by atoms with van der Waals surface area (Å²) in [5, 5.41) is 10.1. The Balaban J connectivity index is 1.71. The van der Waals surface area contributed by atoms with E-state index in [1.807, 2.05) is 25.9 Å². The Bertz CT molecular complexity index is 819. The Morgan fingerprint density at radius 3 is 2.64 bits per heavy atom. The summed E-state index contributed by atoms with van der Waals surface area (Å²) < 4.78 is 15.3. The molecular formula is C22H36FN7O3. The number of aromatic nitrogens is 2. The molecule has 1 saturated heterocycles. The van der Waals surface area contributed by atoms with Gasteiger partial charge in [-0.3, -0.25) is 25.6 Å². The number of hydroxylamine groups is 2. The molecule has 10 nitrogen and oxygen atoms in total. The SMILES string of the molecule is CCc1nc(NNC(=O)C(CC2CCCC2)CN(O)C=O)c(F)c(N2CCC(N(C)C)C2)n1. The van der Waals surface area contributed by atoms with E-state index in [2.05, 4.69) is 25.7 Å². The van der Waals surface area contributed by atoms with Crippen molar-refractivity contribution in [3.8, 4) is 0 Å². The maximum atomic E-state index is 15.3. The van der Waals surface area contributed by atoms with E-state index in [9.17, 15) is 14.8 Å². The Kier molecular flexibility index (Phi) is 8.79. The number of nitrogens with zero attached hydrogens (tertiary/aromatic N) is 5. The second-order valence-electron chi connectivity index (χ2n) is 9.26. The second-order valence-corrected chi connectivity index (χ2v) is 9.26. The van der Waals surface area contributed by atoms with E-state index in [1.165, 1.54) is 0 Å². The van der Waals surface area contributed by atoms with Crippen LogP contribution in [-0.4, -0.2) is 77.2 Å². The molecular weight excluding hydrogens is 429 g/mol. The number of carbonyl (C=O) groups excluding carboxylic acids is 2. The molecule has 2 aliphatic rings. The van der Waals surface area contributed by atoms with Crippen molar-refractivity contribution in [1.29, 1.82) is 0 Å². The Labute approximate surface area is 194 Å². The summed E-state index contributed by atoms with van der Waals surface area (Å²) in [4.78, 5) is 36.4. The van der Waals surface area contributed by atoms with Crippen molar-refractivity contribution in [2.75, 3.05) is 44.1 Å². The van der Waals surface area contributed by atoms with Gasteiger partial charge < -0.3 is 9.80 Å². The molecule has 1 aliphatic carbocycles. The van der Waals surface area contributed by atoms with Gasteiger partial charge in [0.25, 0.3) is 0 Å². The summed E-state index contributed by atoms with van der Waals surface area (Å²) in [5.74, 6) is -0.672.